The summed E-state index contributed by atoms with van der Waals surface area (Å²) in [6.45, 7) is 1.93. The number of hydrogen-bond donors (Lipinski definition) is 2. The summed E-state index contributed by atoms with van der Waals surface area (Å²) in [5.74, 6) is -1.12. The number of sulfonamides is 1. The van der Waals surface area contributed by atoms with Crippen molar-refractivity contribution in [2.45, 2.75) is 19.8 Å². The summed E-state index contributed by atoms with van der Waals surface area (Å²) in [6, 6.07) is 6.30. The summed E-state index contributed by atoms with van der Waals surface area (Å²) in [7, 11) is -3.50. The second kappa shape index (κ2) is 7.35. The van der Waals surface area contributed by atoms with Crippen molar-refractivity contribution in [1.82, 2.24) is 5.32 Å². The number of hydrogen-bond acceptors (Lipinski definition) is 3. The van der Waals surface area contributed by atoms with Gasteiger partial charge in [-0.15, -0.1) is 0 Å². The van der Waals surface area contributed by atoms with Gasteiger partial charge in [0.1, 0.15) is 5.82 Å². The van der Waals surface area contributed by atoms with Gasteiger partial charge in [0.2, 0.25) is 15.9 Å². The van der Waals surface area contributed by atoms with Crippen molar-refractivity contribution >= 4 is 15.9 Å². The van der Waals surface area contributed by atoms with Gasteiger partial charge in [0, 0.05) is 12.5 Å². The van der Waals surface area contributed by atoms with Crippen molar-refractivity contribution in [3.05, 3.63) is 35.6 Å². The van der Waals surface area contributed by atoms with E-state index in [4.69, 9.17) is 5.14 Å². The number of benzene rings is 1. The number of carbonyl (C=O) groups is 1. The molecule has 20 heavy (non-hydrogen) atoms. The van der Waals surface area contributed by atoms with E-state index in [0.29, 0.717) is 12.0 Å². The third-order valence-electron chi connectivity index (χ3n) is 2.84. The van der Waals surface area contributed by atoms with Crippen LogP contribution in [0.1, 0.15) is 18.9 Å². The van der Waals surface area contributed by atoms with Gasteiger partial charge in [-0.3, -0.25) is 4.79 Å². The number of rotatable bonds is 7. The Bertz CT molecular complexity index is 560. The highest BCUT2D eigenvalue weighted by molar-refractivity contribution is 7.89. The molecule has 0 radical (unpaired) electrons. The Morgan fingerprint density at radius 1 is 1.40 bits per heavy atom. The molecule has 0 saturated heterocycles. The lowest BCUT2D eigenvalue weighted by molar-refractivity contribution is -0.124. The van der Waals surface area contributed by atoms with Crippen molar-refractivity contribution < 1.29 is 17.6 Å². The van der Waals surface area contributed by atoms with E-state index < -0.39 is 10.0 Å². The molecule has 3 N–H and O–H groups in total. The van der Waals surface area contributed by atoms with Gasteiger partial charge in [0.25, 0.3) is 0 Å². The van der Waals surface area contributed by atoms with E-state index in [9.17, 15) is 17.6 Å². The SMILES string of the molecule is CC(Cc1ccccc1F)C(=O)NCCCS(N)(=O)=O. The van der Waals surface area contributed by atoms with Gasteiger partial charge in [-0.1, -0.05) is 25.1 Å². The number of carbonyl (C=O) groups excluding carboxylic acids is 1. The molecule has 0 aliphatic heterocycles. The van der Waals surface area contributed by atoms with Crippen molar-refractivity contribution in [2.24, 2.45) is 11.1 Å². The molecule has 1 aromatic carbocycles. The zero-order chi connectivity index (χ0) is 15.2. The maximum atomic E-state index is 13.4. The lowest BCUT2D eigenvalue weighted by atomic mass is 10.00. The molecule has 0 spiro atoms. The normalized spacial score (nSPS) is 12.9. The largest absolute Gasteiger partial charge is 0.356 e. The highest BCUT2D eigenvalue weighted by atomic mass is 32.2. The minimum atomic E-state index is -3.50. The molecule has 1 rings (SSSR count). The fourth-order valence-electron chi connectivity index (χ4n) is 1.75. The van der Waals surface area contributed by atoms with Gasteiger partial charge in [0.15, 0.2) is 0 Å². The van der Waals surface area contributed by atoms with Crippen molar-refractivity contribution in [2.75, 3.05) is 12.3 Å². The van der Waals surface area contributed by atoms with Crippen LogP contribution in [0.3, 0.4) is 0 Å². The van der Waals surface area contributed by atoms with Crippen LogP contribution in [0.25, 0.3) is 0 Å². The molecule has 5 nitrogen and oxygen atoms in total. The van der Waals surface area contributed by atoms with Gasteiger partial charge in [0.05, 0.1) is 5.75 Å². The first-order valence-corrected chi connectivity index (χ1v) is 8.02. The fraction of sp³-hybridized carbons (Fsp3) is 0.462. The molecule has 1 amide bonds. The van der Waals surface area contributed by atoms with E-state index in [-0.39, 0.29) is 36.4 Å². The van der Waals surface area contributed by atoms with E-state index >= 15 is 0 Å². The van der Waals surface area contributed by atoms with E-state index in [1.165, 1.54) is 6.07 Å². The van der Waals surface area contributed by atoms with Gasteiger partial charge in [-0.2, -0.15) is 0 Å². The average Bonchev–Trinajstić information content (AvgIpc) is 2.36. The van der Waals surface area contributed by atoms with E-state index in [1.54, 1.807) is 25.1 Å². The van der Waals surface area contributed by atoms with Crippen LogP contribution < -0.4 is 10.5 Å². The molecule has 7 heteroatoms. The predicted octanol–water partition coefficient (Wildman–Crippen LogP) is 0.799. The standard InChI is InChI=1S/C13H19FN2O3S/c1-10(9-11-5-2-3-6-12(11)14)13(17)16-7-4-8-20(15,18)19/h2-3,5-6,10H,4,7-9H2,1H3,(H,16,17)(H2,15,18,19). The van der Waals surface area contributed by atoms with Crippen molar-refractivity contribution in [3.63, 3.8) is 0 Å². The minimum Gasteiger partial charge on any atom is -0.356 e. The molecule has 0 saturated carbocycles. The molecule has 112 valence electrons. The molecule has 1 unspecified atom stereocenters. The molecule has 0 aliphatic rings. The molecule has 1 aromatic rings. The zero-order valence-corrected chi connectivity index (χ0v) is 12.1. The Balaban J connectivity index is 2.38. The lowest BCUT2D eigenvalue weighted by Crippen LogP contribution is -2.32. The van der Waals surface area contributed by atoms with Crippen LogP contribution in [0.5, 0.6) is 0 Å². The third kappa shape index (κ3) is 6.12. The van der Waals surface area contributed by atoms with E-state index in [0.717, 1.165) is 0 Å². The fourth-order valence-corrected chi connectivity index (χ4v) is 2.29. The number of primary sulfonamides is 1. The highest BCUT2D eigenvalue weighted by Gasteiger charge is 2.15. The number of halogens is 1. The van der Waals surface area contributed by atoms with Crippen molar-refractivity contribution in [3.8, 4) is 0 Å². The van der Waals surface area contributed by atoms with Crippen LogP contribution in [-0.4, -0.2) is 26.6 Å². The molecule has 0 aromatic heterocycles. The summed E-state index contributed by atoms with van der Waals surface area (Å²) in [4.78, 5) is 11.8. The monoisotopic (exact) mass is 302 g/mol. The van der Waals surface area contributed by atoms with Crippen LogP contribution in [0.2, 0.25) is 0 Å². The summed E-state index contributed by atoms with van der Waals surface area (Å²) in [6.07, 6.45) is 0.560. The topological polar surface area (TPSA) is 89.3 Å². The smallest absolute Gasteiger partial charge is 0.223 e. The molecular formula is C13H19FN2O3S. The van der Waals surface area contributed by atoms with Crippen LogP contribution in [0.4, 0.5) is 4.39 Å². The third-order valence-corrected chi connectivity index (χ3v) is 3.69. The first-order chi connectivity index (χ1) is 9.29. The number of nitrogens with one attached hydrogen (secondary N) is 1. The Hall–Kier alpha value is -1.47. The lowest BCUT2D eigenvalue weighted by Gasteiger charge is -2.12. The maximum Gasteiger partial charge on any atom is 0.223 e. The summed E-state index contributed by atoms with van der Waals surface area (Å²) in [5, 5.41) is 7.46. The van der Waals surface area contributed by atoms with Crippen molar-refractivity contribution in [1.29, 1.82) is 0 Å². The van der Waals surface area contributed by atoms with E-state index in [1.807, 2.05) is 0 Å². The molecular weight excluding hydrogens is 283 g/mol. The molecule has 0 heterocycles. The molecule has 0 bridgehead atoms. The summed E-state index contributed by atoms with van der Waals surface area (Å²) < 4.78 is 34.9. The predicted molar refractivity (Wildman–Crippen MR) is 74.9 cm³/mol. The second-order valence-electron chi connectivity index (χ2n) is 4.71. The Morgan fingerprint density at radius 3 is 2.65 bits per heavy atom. The Morgan fingerprint density at radius 2 is 2.05 bits per heavy atom. The number of nitrogens with two attached hydrogens (primary N) is 1. The van der Waals surface area contributed by atoms with Gasteiger partial charge in [-0.25, -0.2) is 17.9 Å². The Kier molecular flexibility index (Phi) is 6.09. The molecule has 0 aliphatic carbocycles. The zero-order valence-electron chi connectivity index (χ0n) is 11.3. The minimum absolute atomic E-state index is 0.172. The van der Waals surface area contributed by atoms with Crippen LogP contribution in [0.15, 0.2) is 24.3 Å². The maximum absolute atomic E-state index is 13.4. The first kappa shape index (κ1) is 16.6. The summed E-state index contributed by atoms with van der Waals surface area (Å²) >= 11 is 0. The highest BCUT2D eigenvalue weighted by Crippen LogP contribution is 2.12. The van der Waals surface area contributed by atoms with Gasteiger partial charge < -0.3 is 5.32 Å². The van der Waals surface area contributed by atoms with Gasteiger partial charge in [-0.05, 0) is 24.5 Å². The van der Waals surface area contributed by atoms with E-state index in [2.05, 4.69) is 5.32 Å². The second-order valence-corrected chi connectivity index (χ2v) is 6.44. The molecule has 0 fully saturated rings. The average molecular weight is 302 g/mol. The quantitative estimate of drug-likeness (QED) is 0.730. The molecule has 1 atom stereocenters. The van der Waals surface area contributed by atoms with Crippen LogP contribution in [-0.2, 0) is 21.2 Å². The van der Waals surface area contributed by atoms with Gasteiger partial charge >= 0.3 is 0 Å². The van der Waals surface area contributed by atoms with Crippen LogP contribution in [0, 0.1) is 11.7 Å². The first-order valence-electron chi connectivity index (χ1n) is 6.31. The Labute approximate surface area is 118 Å². The number of amides is 1. The van der Waals surface area contributed by atoms with Crippen LogP contribution >= 0.6 is 0 Å². The summed E-state index contributed by atoms with van der Waals surface area (Å²) in [5.41, 5.74) is 0.486.